The minimum Gasteiger partial charge on any atom is -0.323 e. The van der Waals surface area contributed by atoms with E-state index in [-0.39, 0.29) is 11.8 Å². The Kier molecular flexibility index (Phi) is 7.62. The van der Waals surface area contributed by atoms with Gasteiger partial charge in [-0.25, -0.2) is 4.39 Å². The van der Waals surface area contributed by atoms with Gasteiger partial charge in [0.1, 0.15) is 11.1 Å². The lowest BCUT2D eigenvalue weighted by molar-refractivity contribution is -0.115. The van der Waals surface area contributed by atoms with Gasteiger partial charge in [-0.2, -0.15) is 0 Å². The molecule has 4 aromatic carbocycles. The Hall–Kier alpha value is -3.61. The average Bonchev–Trinajstić information content (AvgIpc) is 2.85. The van der Waals surface area contributed by atoms with Crippen LogP contribution in [0.1, 0.15) is 21.2 Å². The van der Waals surface area contributed by atoms with E-state index in [1.54, 1.807) is 42.5 Å². The molecule has 0 fully saturated rings. The maximum Gasteiger partial charge on any atom is 0.255 e. The molecule has 1 atom stereocenters. The van der Waals surface area contributed by atoms with Crippen LogP contribution in [0, 0.1) is 5.82 Å². The third kappa shape index (κ3) is 6.04. The lowest BCUT2D eigenvalue weighted by Crippen LogP contribution is -2.19. The van der Waals surface area contributed by atoms with E-state index < -0.39 is 11.1 Å². The van der Waals surface area contributed by atoms with Crippen LogP contribution in [-0.2, 0) is 4.79 Å². The Morgan fingerprint density at radius 1 is 0.794 bits per heavy atom. The molecule has 0 heterocycles. The van der Waals surface area contributed by atoms with Gasteiger partial charge in [-0.15, -0.1) is 11.8 Å². The van der Waals surface area contributed by atoms with Crippen LogP contribution in [0.3, 0.4) is 0 Å². The van der Waals surface area contributed by atoms with Crippen LogP contribution in [0.5, 0.6) is 0 Å². The number of para-hydroxylation sites is 1. The second-order valence-corrected chi connectivity index (χ2v) is 8.95. The molecular weight excluding hydrogens is 471 g/mol. The summed E-state index contributed by atoms with van der Waals surface area (Å²) in [6, 6.07) is 29.1. The smallest absolute Gasteiger partial charge is 0.255 e. The lowest BCUT2D eigenvalue weighted by atomic mass is 10.1. The molecule has 0 aliphatic carbocycles. The van der Waals surface area contributed by atoms with E-state index in [0.29, 0.717) is 22.0 Å². The molecular formula is C27H20ClFN2O2S. The van der Waals surface area contributed by atoms with Gasteiger partial charge in [-0.3, -0.25) is 9.59 Å². The highest BCUT2D eigenvalue weighted by atomic mass is 35.5. The topological polar surface area (TPSA) is 58.2 Å². The van der Waals surface area contributed by atoms with Gasteiger partial charge in [0.05, 0.1) is 10.7 Å². The van der Waals surface area contributed by atoms with Crippen molar-refractivity contribution in [3.63, 3.8) is 0 Å². The summed E-state index contributed by atoms with van der Waals surface area (Å²) in [4.78, 5) is 26.6. The molecule has 4 nitrogen and oxygen atoms in total. The van der Waals surface area contributed by atoms with E-state index in [4.69, 9.17) is 11.6 Å². The average molecular weight is 491 g/mol. The highest BCUT2D eigenvalue weighted by molar-refractivity contribution is 8.00. The molecule has 34 heavy (non-hydrogen) atoms. The van der Waals surface area contributed by atoms with Crippen LogP contribution in [0.15, 0.2) is 108 Å². The normalized spacial score (nSPS) is 11.5. The molecule has 170 valence electrons. The second kappa shape index (κ2) is 11.0. The first kappa shape index (κ1) is 23.5. The standard InChI is InChI=1S/C27H20ClFN2O2S/c28-23-11-4-5-12-24(23)31-27(33)25(18-7-2-1-3-8-18)34-22-10-6-9-21(17-22)30-26(32)19-13-15-20(29)16-14-19/h1-17,25H,(H,30,32)(H,31,33). The van der Waals surface area contributed by atoms with Gasteiger partial charge in [0.25, 0.3) is 5.91 Å². The van der Waals surface area contributed by atoms with Crippen LogP contribution < -0.4 is 10.6 Å². The number of halogens is 2. The van der Waals surface area contributed by atoms with E-state index in [1.165, 1.54) is 36.0 Å². The zero-order chi connectivity index (χ0) is 23.9. The van der Waals surface area contributed by atoms with Gasteiger partial charge >= 0.3 is 0 Å². The number of carbonyl (C=O) groups excluding carboxylic acids is 2. The van der Waals surface area contributed by atoms with Crippen molar-refractivity contribution in [2.24, 2.45) is 0 Å². The van der Waals surface area contributed by atoms with Gasteiger partial charge in [-0.05, 0) is 60.2 Å². The maximum atomic E-state index is 13.3. The SMILES string of the molecule is O=C(Nc1cccc(SC(C(=O)Nc2ccccc2Cl)c2ccccc2)c1)c1ccc(F)cc1. The molecule has 0 aliphatic heterocycles. The molecule has 0 radical (unpaired) electrons. The van der Waals surface area contributed by atoms with Crippen molar-refractivity contribution in [3.05, 3.63) is 125 Å². The highest BCUT2D eigenvalue weighted by Gasteiger charge is 2.23. The molecule has 0 aliphatic rings. The summed E-state index contributed by atoms with van der Waals surface area (Å²) in [5.41, 5.74) is 2.28. The number of thioether (sulfide) groups is 1. The van der Waals surface area contributed by atoms with Crippen LogP contribution in [0.25, 0.3) is 0 Å². The van der Waals surface area contributed by atoms with Crippen molar-refractivity contribution in [2.45, 2.75) is 10.1 Å². The minimum atomic E-state index is -0.555. The number of amides is 2. The molecule has 0 saturated carbocycles. The number of anilines is 2. The fourth-order valence-electron chi connectivity index (χ4n) is 3.25. The monoisotopic (exact) mass is 490 g/mol. The first-order chi connectivity index (χ1) is 16.5. The molecule has 4 rings (SSSR count). The van der Waals surface area contributed by atoms with Gasteiger partial charge in [0, 0.05) is 16.1 Å². The van der Waals surface area contributed by atoms with Crippen molar-refractivity contribution in [2.75, 3.05) is 10.6 Å². The second-order valence-electron chi connectivity index (χ2n) is 7.37. The van der Waals surface area contributed by atoms with Crippen molar-refractivity contribution in [3.8, 4) is 0 Å². The summed E-state index contributed by atoms with van der Waals surface area (Å²) in [7, 11) is 0. The van der Waals surface area contributed by atoms with Gasteiger partial charge in [0.15, 0.2) is 0 Å². The summed E-state index contributed by atoms with van der Waals surface area (Å²) < 4.78 is 13.1. The summed E-state index contributed by atoms with van der Waals surface area (Å²) >= 11 is 7.58. The summed E-state index contributed by atoms with van der Waals surface area (Å²) in [5, 5.41) is 5.63. The number of rotatable bonds is 7. The largest absolute Gasteiger partial charge is 0.323 e. The predicted molar refractivity (Wildman–Crippen MR) is 136 cm³/mol. The van der Waals surface area contributed by atoms with Crippen LogP contribution in [-0.4, -0.2) is 11.8 Å². The molecule has 2 amide bonds. The summed E-state index contributed by atoms with van der Waals surface area (Å²) in [6.45, 7) is 0. The van der Waals surface area contributed by atoms with Crippen molar-refractivity contribution in [1.82, 2.24) is 0 Å². The van der Waals surface area contributed by atoms with E-state index in [9.17, 15) is 14.0 Å². The van der Waals surface area contributed by atoms with Crippen molar-refractivity contribution < 1.29 is 14.0 Å². The Balaban J connectivity index is 1.54. The quantitative estimate of drug-likeness (QED) is 0.269. The fraction of sp³-hybridized carbons (Fsp3) is 0.0370. The zero-order valence-electron chi connectivity index (χ0n) is 17.9. The Labute approximate surface area is 206 Å². The zero-order valence-corrected chi connectivity index (χ0v) is 19.4. The number of hydrogen-bond donors (Lipinski definition) is 2. The summed E-state index contributed by atoms with van der Waals surface area (Å²) in [6.07, 6.45) is 0. The van der Waals surface area contributed by atoms with E-state index in [0.717, 1.165) is 10.5 Å². The Morgan fingerprint density at radius 2 is 1.50 bits per heavy atom. The molecule has 2 N–H and O–H groups in total. The van der Waals surface area contributed by atoms with Crippen LogP contribution in [0.2, 0.25) is 5.02 Å². The molecule has 4 aromatic rings. The number of nitrogens with one attached hydrogen (secondary N) is 2. The Morgan fingerprint density at radius 3 is 2.24 bits per heavy atom. The van der Waals surface area contributed by atoms with E-state index in [2.05, 4.69) is 10.6 Å². The molecule has 7 heteroatoms. The van der Waals surface area contributed by atoms with E-state index in [1.807, 2.05) is 36.4 Å². The van der Waals surface area contributed by atoms with E-state index >= 15 is 0 Å². The van der Waals surface area contributed by atoms with Gasteiger partial charge in [-0.1, -0.05) is 60.1 Å². The summed E-state index contributed by atoms with van der Waals surface area (Å²) in [5.74, 6) is -0.972. The molecule has 1 unspecified atom stereocenters. The third-order valence-corrected chi connectivity index (χ3v) is 6.50. The minimum absolute atomic E-state index is 0.218. The third-order valence-electron chi connectivity index (χ3n) is 4.92. The van der Waals surface area contributed by atoms with Gasteiger partial charge < -0.3 is 10.6 Å². The highest BCUT2D eigenvalue weighted by Crippen LogP contribution is 2.37. The van der Waals surface area contributed by atoms with Crippen LogP contribution >= 0.6 is 23.4 Å². The van der Waals surface area contributed by atoms with Crippen LogP contribution in [0.4, 0.5) is 15.8 Å². The molecule has 0 saturated heterocycles. The maximum absolute atomic E-state index is 13.3. The van der Waals surface area contributed by atoms with Crippen molar-refractivity contribution in [1.29, 1.82) is 0 Å². The van der Waals surface area contributed by atoms with Gasteiger partial charge in [0.2, 0.25) is 5.91 Å². The molecule has 0 bridgehead atoms. The molecule has 0 spiro atoms. The lowest BCUT2D eigenvalue weighted by Gasteiger charge is -2.18. The predicted octanol–water partition coefficient (Wildman–Crippen LogP) is 7.20. The Bertz CT molecular complexity index is 1300. The first-order valence-corrected chi connectivity index (χ1v) is 11.7. The fourth-order valence-corrected chi connectivity index (χ4v) is 4.52. The molecule has 0 aromatic heterocycles. The number of carbonyl (C=O) groups is 2. The number of benzene rings is 4. The number of hydrogen-bond acceptors (Lipinski definition) is 3. The van der Waals surface area contributed by atoms with Crippen molar-refractivity contribution >= 4 is 46.6 Å². The first-order valence-electron chi connectivity index (χ1n) is 10.4.